The summed E-state index contributed by atoms with van der Waals surface area (Å²) in [6, 6.07) is 16.2. The van der Waals surface area contributed by atoms with Crippen molar-refractivity contribution in [3.63, 3.8) is 0 Å². The summed E-state index contributed by atoms with van der Waals surface area (Å²) in [6.07, 6.45) is 5.52. The molecule has 0 fully saturated rings. The fourth-order valence-electron chi connectivity index (χ4n) is 4.15. The quantitative estimate of drug-likeness (QED) is 0.133. The monoisotopic (exact) mass is 458 g/mol. The van der Waals surface area contributed by atoms with Crippen molar-refractivity contribution in [3.8, 4) is 28.2 Å². The summed E-state index contributed by atoms with van der Waals surface area (Å²) in [5.41, 5.74) is 2.08. The summed E-state index contributed by atoms with van der Waals surface area (Å²) >= 11 is 0. The first-order valence-corrected chi connectivity index (χ1v) is 11.5. The lowest BCUT2D eigenvalue weighted by Gasteiger charge is -2.17. The first-order chi connectivity index (χ1) is 16.5. The van der Waals surface area contributed by atoms with Crippen LogP contribution >= 0.6 is 0 Å². The summed E-state index contributed by atoms with van der Waals surface area (Å²) < 4.78 is 11.5. The van der Waals surface area contributed by atoms with E-state index in [1.807, 2.05) is 0 Å². The Kier molecular flexibility index (Phi) is 7.07. The normalized spacial score (nSPS) is 11.1. The van der Waals surface area contributed by atoms with Crippen LogP contribution in [0.3, 0.4) is 0 Å². The van der Waals surface area contributed by atoms with Crippen LogP contribution in [0.2, 0.25) is 0 Å². The zero-order valence-corrected chi connectivity index (χ0v) is 19.0. The van der Waals surface area contributed by atoms with Crippen LogP contribution in [0.5, 0.6) is 5.75 Å². The van der Waals surface area contributed by atoms with Crippen LogP contribution in [0.25, 0.3) is 33.4 Å². The molecule has 2 aliphatic rings. The third-order valence-corrected chi connectivity index (χ3v) is 5.81. The number of carbonyl (C=O) groups excluding carboxylic acids is 1. The fourth-order valence-corrected chi connectivity index (χ4v) is 4.15. The Morgan fingerprint density at radius 3 is 2.50 bits per heavy atom. The van der Waals surface area contributed by atoms with E-state index in [9.17, 15) is 19.5 Å². The van der Waals surface area contributed by atoms with Crippen molar-refractivity contribution in [3.05, 3.63) is 76.5 Å². The zero-order chi connectivity index (χ0) is 24.1. The number of fused-ring (bicyclic) bond motifs is 2. The lowest BCUT2D eigenvalue weighted by Crippen LogP contribution is -2.07. The molecule has 1 aliphatic carbocycles. The van der Waals surface area contributed by atoms with Gasteiger partial charge in [-0.2, -0.15) is 0 Å². The molecule has 6 nitrogen and oxygen atoms in total. The number of aromatic carboxylic acids is 1. The second-order valence-corrected chi connectivity index (χ2v) is 8.28. The van der Waals surface area contributed by atoms with Gasteiger partial charge in [-0.25, -0.2) is 4.79 Å². The Labute approximate surface area is 197 Å². The maximum absolute atomic E-state index is 12.3. The highest BCUT2D eigenvalue weighted by molar-refractivity contribution is 6.07. The van der Waals surface area contributed by atoms with Crippen LogP contribution < -0.4 is 10.2 Å². The lowest BCUT2D eigenvalue weighted by molar-refractivity contribution is -0.134. The third kappa shape index (κ3) is 5.01. The Hall–Kier alpha value is -3.93. The molecule has 4 rings (SSSR count). The second kappa shape index (κ2) is 10.3. The largest absolute Gasteiger partial charge is 0.478 e. The molecule has 6 heteroatoms. The molecule has 0 spiro atoms. The van der Waals surface area contributed by atoms with Gasteiger partial charge in [-0.1, -0.05) is 50.8 Å². The Balaban J connectivity index is 1.75. The van der Waals surface area contributed by atoms with Crippen LogP contribution in [0.1, 0.15) is 55.8 Å². The fraction of sp³-hybridized carbons (Fsp3) is 0.250. The topological polar surface area (TPSA) is 93.8 Å². The Bertz CT molecular complexity index is 1370. The summed E-state index contributed by atoms with van der Waals surface area (Å²) in [5, 5.41) is 10.4. The number of carbonyl (C=O) groups is 2. The average molecular weight is 459 g/mol. The average Bonchev–Trinajstić information content (AvgIpc) is 2.82. The van der Waals surface area contributed by atoms with Gasteiger partial charge in [0.2, 0.25) is 0 Å². The molecule has 0 atom stereocenters. The van der Waals surface area contributed by atoms with Gasteiger partial charge in [-0.3, -0.25) is 9.59 Å². The minimum absolute atomic E-state index is 0.140. The van der Waals surface area contributed by atoms with Gasteiger partial charge in [-0.05, 0) is 42.3 Å². The maximum Gasteiger partial charge on any atom is 0.336 e. The number of esters is 1. The van der Waals surface area contributed by atoms with Crippen molar-refractivity contribution in [1.29, 1.82) is 0 Å². The zero-order valence-electron chi connectivity index (χ0n) is 19.0. The van der Waals surface area contributed by atoms with Crippen molar-refractivity contribution < 1.29 is 23.8 Å². The molecule has 2 aromatic rings. The number of rotatable bonds is 9. The van der Waals surface area contributed by atoms with E-state index in [0.717, 1.165) is 32.1 Å². The van der Waals surface area contributed by atoms with Crippen LogP contribution in [0.15, 0.2) is 69.9 Å². The standard InChI is InChI=1S/C28H26O6/c1-2-3-4-5-6-11-26(30)33-19-13-15-23-25(17-19)34-24-16-18(29)12-14-22(24)27(23)20-9-7-8-10-21(20)28(31)32/h7-10,12-17H,2-6,11H2,1H3,(H,31,32). The van der Waals surface area contributed by atoms with E-state index in [1.54, 1.807) is 42.5 Å². The third-order valence-electron chi connectivity index (χ3n) is 5.81. The number of hydrogen-bond donors (Lipinski definition) is 1. The van der Waals surface area contributed by atoms with E-state index >= 15 is 0 Å². The van der Waals surface area contributed by atoms with Gasteiger partial charge in [0.15, 0.2) is 5.43 Å². The molecule has 0 unspecified atom stereocenters. The molecule has 0 saturated carbocycles. The van der Waals surface area contributed by atoms with E-state index in [0.29, 0.717) is 45.6 Å². The minimum Gasteiger partial charge on any atom is -0.478 e. The number of ether oxygens (including phenoxy) is 1. The van der Waals surface area contributed by atoms with Gasteiger partial charge in [0, 0.05) is 35.1 Å². The number of carboxylic acids is 1. The van der Waals surface area contributed by atoms with Gasteiger partial charge in [-0.15, -0.1) is 0 Å². The van der Waals surface area contributed by atoms with Gasteiger partial charge >= 0.3 is 11.9 Å². The molecule has 0 bridgehead atoms. The minimum atomic E-state index is -1.05. The second-order valence-electron chi connectivity index (χ2n) is 8.28. The van der Waals surface area contributed by atoms with E-state index in [2.05, 4.69) is 6.92 Å². The molecule has 174 valence electrons. The first kappa shape index (κ1) is 23.2. The molecular weight excluding hydrogens is 432 g/mol. The molecule has 0 amide bonds. The summed E-state index contributed by atoms with van der Waals surface area (Å²) in [7, 11) is 0. The van der Waals surface area contributed by atoms with Gasteiger partial charge in [0.25, 0.3) is 0 Å². The van der Waals surface area contributed by atoms with Crippen molar-refractivity contribution in [2.45, 2.75) is 45.4 Å². The van der Waals surface area contributed by atoms with Crippen molar-refractivity contribution >= 4 is 22.9 Å². The number of carboxylic acid groups (broad SMARTS) is 1. The number of hydrogen-bond acceptors (Lipinski definition) is 5. The van der Waals surface area contributed by atoms with Crippen molar-refractivity contribution in [1.82, 2.24) is 0 Å². The molecule has 1 aliphatic heterocycles. The highest BCUT2D eigenvalue weighted by Gasteiger charge is 2.21. The van der Waals surface area contributed by atoms with Gasteiger partial charge in [0.1, 0.15) is 17.1 Å². The van der Waals surface area contributed by atoms with E-state index in [-0.39, 0.29) is 17.0 Å². The number of benzene rings is 3. The summed E-state index contributed by atoms with van der Waals surface area (Å²) in [6.45, 7) is 2.14. The Morgan fingerprint density at radius 2 is 1.71 bits per heavy atom. The molecule has 0 saturated heterocycles. The van der Waals surface area contributed by atoms with Crippen LogP contribution in [-0.2, 0) is 4.79 Å². The van der Waals surface area contributed by atoms with Gasteiger partial charge in [0.05, 0.1) is 5.56 Å². The highest BCUT2D eigenvalue weighted by Crippen LogP contribution is 2.41. The van der Waals surface area contributed by atoms with E-state index in [1.165, 1.54) is 18.2 Å². The molecule has 2 aromatic carbocycles. The first-order valence-electron chi connectivity index (χ1n) is 11.5. The predicted octanol–water partition coefficient (Wildman–Crippen LogP) is 6.53. The summed E-state index contributed by atoms with van der Waals surface area (Å²) in [5.74, 6) is -0.697. The number of unbranched alkanes of at least 4 members (excludes halogenated alkanes) is 4. The molecule has 34 heavy (non-hydrogen) atoms. The molecule has 1 heterocycles. The van der Waals surface area contributed by atoms with Crippen molar-refractivity contribution in [2.24, 2.45) is 0 Å². The molecule has 0 radical (unpaired) electrons. The highest BCUT2D eigenvalue weighted by atomic mass is 16.5. The Morgan fingerprint density at radius 1 is 0.912 bits per heavy atom. The van der Waals surface area contributed by atoms with Crippen LogP contribution in [0.4, 0.5) is 0 Å². The predicted molar refractivity (Wildman–Crippen MR) is 131 cm³/mol. The van der Waals surface area contributed by atoms with Crippen LogP contribution in [0, 0.1) is 0 Å². The van der Waals surface area contributed by atoms with Crippen LogP contribution in [-0.4, -0.2) is 17.0 Å². The van der Waals surface area contributed by atoms with Gasteiger partial charge < -0.3 is 14.3 Å². The molecular formula is C28H26O6. The van der Waals surface area contributed by atoms with Crippen molar-refractivity contribution in [2.75, 3.05) is 0 Å². The lowest BCUT2D eigenvalue weighted by atomic mass is 9.91. The molecule has 0 aromatic heterocycles. The van der Waals surface area contributed by atoms with E-state index in [4.69, 9.17) is 9.15 Å². The van der Waals surface area contributed by atoms with E-state index < -0.39 is 5.97 Å². The summed E-state index contributed by atoms with van der Waals surface area (Å²) in [4.78, 5) is 36.2. The maximum atomic E-state index is 12.3. The SMILES string of the molecule is CCCCCCCC(=O)Oc1ccc2c(-c3ccccc3C(=O)O)c3ccc(=O)cc-3oc2c1. The smallest absolute Gasteiger partial charge is 0.336 e. The molecule has 1 N–H and O–H groups in total.